The molecule has 0 aliphatic carbocycles. The first-order chi connectivity index (χ1) is 6.00. The molecular formula is C7H13Cl2O3P. The van der Waals surface area contributed by atoms with E-state index in [0.29, 0.717) is 6.61 Å². The van der Waals surface area contributed by atoms with Crippen LogP contribution < -0.4 is 0 Å². The maximum atomic E-state index is 8.66. The second-order valence-corrected chi connectivity index (χ2v) is 4.88. The Hall–Kier alpha value is 0.290. The van der Waals surface area contributed by atoms with Gasteiger partial charge in [0.05, 0.1) is 6.10 Å². The lowest BCUT2D eigenvalue weighted by atomic mass is 10.4. The van der Waals surface area contributed by atoms with Gasteiger partial charge in [-0.3, -0.25) is 0 Å². The first-order valence-corrected chi connectivity index (χ1v) is 6.69. The van der Waals surface area contributed by atoms with E-state index in [9.17, 15) is 0 Å². The molecule has 0 aromatic carbocycles. The van der Waals surface area contributed by atoms with Gasteiger partial charge < -0.3 is 14.7 Å². The van der Waals surface area contributed by atoms with Crippen molar-refractivity contribution in [3.05, 3.63) is 0 Å². The lowest BCUT2D eigenvalue weighted by molar-refractivity contribution is 0.107. The predicted octanol–water partition coefficient (Wildman–Crippen LogP) is 2.44. The Bertz CT molecular complexity index is 151. The van der Waals surface area contributed by atoms with Crippen LogP contribution in [0.4, 0.5) is 0 Å². The van der Waals surface area contributed by atoms with Gasteiger partial charge in [-0.2, -0.15) is 0 Å². The zero-order valence-electron chi connectivity index (χ0n) is 7.50. The third-order valence-electron chi connectivity index (χ3n) is 0.646. The van der Waals surface area contributed by atoms with Crippen molar-refractivity contribution in [1.82, 2.24) is 0 Å². The van der Waals surface area contributed by atoms with E-state index in [2.05, 4.69) is 34.5 Å². The zero-order chi connectivity index (χ0) is 10.7. The fraction of sp³-hybridized carbons (Fsp3) is 0.714. The summed E-state index contributed by atoms with van der Waals surface area (Å²) in [5, 5.41) is 8.66. The molecule has 0 aromatic rings. The minimum absolute atomic E-state index is 0.299. The molecule has 0 spiro atoms. The molecule has 1 atom stereocenters. The zero-order valence-corrected chi connectivity index (χ0v) is 9.90. The number of hydrogen-bond donors (Lipinski definition) is 2. The van der Waals surface area contributed by atoms with E-state index in [-0.39, 0.29) is 0 Å². The molecule has 1 unspecified atom stereocenters. The van der Waals surface area contributed by atoms with E-state index in [1.807, 2.05) is 6.92 Å². The molecule has 0 bridgehead atoms. The number of halogens is 2. The van der Waals surface area contributed by atoms with Crippen LogP contribution in [-0.4, -0.2) is 22.7 Å². The van der Waals surface area contributed by atoms with Crippen LogP contribution >= 0.6 is 29.3 Å². The van der Waals surface area contributed by atoms with Crippen molar-refractivity contribution in [2.24, 2.45) is 0 Å². The van der Waals surface area contributed by atoms with E-state index in [1.165, 1.54) is 0 Å². The van der Waals surface area contributed by atoms with E-state index >= 15 is 0 Å². The van der Waals surface area contributed by atoms with Gasteiger partial charge in [0.1, 0.15) is 12.7 Å². The predicted molar refractivity (Wildman–Crippen MR) is 56.5 cm³/mol. The Morgan fingerprint density at radius 2 is 2.00 bits per heavy atom. The molecule has 0 rings (SSSR count). The van der Waals surface area contributed by atoms with Gasteiger partial charge in [-0.25, -0.2) is 0 Å². The van der Waals surface area contributed by atoms with Gasteiger partial charge >= 0.3 is 0 Å². The lowest BCUT2D eigenvalue weighted by Gasteiger charge is -1.98. The maximum Gasteiger partial charge on any atom is 0.222 e. The van der Waals surface area contributed by atoms with Crippen LogP contribution in [0, 0.1) is 12.0 Å². The Labute approximate surface area is 89.4 Å². The molecule has 2 N–H and O–H groups in total. The van der Waals surface area contributed by atoms with Crippen LogP contribution in [0.25, 0.3) is 0 Å². The molecule has 0 aromatic heterocycles. The summed E-state index contributed by atoms with van der Waals surface area (Å²) >= 11 is 9.32. The molecule has 0 aliphatic rings. The Morgan fingerprint density at radius 3 is 2.31 bits per heavy atom. The highest BCUT2D eigenvalue weighted by molar-refractivity contribution is 7.99. The number of aliphatic hydroxyl groups is 1. The van der Waals surface area contributed by atoms with Gasteiger partial charge in [-0.1, -0.05) is 12.8 Å². The van der Waals surface area contributed by atoms with Crippen LogP contribution in [0.3, 0.4) is 0 Å². The molecule has 0 saturated carbocycles. The largest absolute Gasteiger partial charge is 0.444 e. The van der Waals surface area contributed by atoms with Crippen molar-refractivity contribution < 1.29 is 14.7 Å². The average molecular weight is 247 g/mol. The molecule has 0 aliphatic heterocycles. The third-order valence-corrected chi connectivity index (χ3v) is 0.646. The Balaban J connectivity index is 0. The molecule has 0 fully saturated rings. The highest BCUT2D eigenvalue weighted by Gasteiger charge is 1.90. The standard InChI is InChI=1S/C7H12O2.Cl2HOP/c1-3-4-5-9-6-7(2)8;1-4(2)3/h7-8H,3,6H2,1-2H3;3H. The van der Waals surface area contributed by atoms with Crippen molar-refractivity contribution in [1.29, 1.82) is 0 Å². The summed E-state index contributed by atoms with van der Waals surface area (Å²) in [6.07, 6.45) is 2.83. The molecule has 0 radical (unpaired) electrons. The first kappa shape index (κ1) is 15.7. The fourth-order valence-corrected chi connectivity index (χ4v) is 0.285. The summed E-state index contributed by atoms with van der Waals surface area (Å²) in [7, 11) is 0. The number of rotatable bonds is 2. The van der Waals surface area contributed by atoms with E-state index in [1.54, 1.807) is 6.92 Å². The number of ether oxygens (including phenoxy) is 1. The topological polar surface area (TPSA) is 49.7 Å². The van der Waals surface area contributed by atoms with Crippen LogP contribution in [-0.2, 0) is 4.74 Å². The summed E-state index contributed by atoms with van der Waals surface area (Å²) in [5.74, 6) is 2.72. The minimum atomic E-state index is -1.68. The molecule has 78 valence electrons. The molecule has 6 heteroatoms. The average Bonchev–Trinajstić information content (AvgIpc) is 1.97. The molecule has 0 amide bonds. The number of hydrogen-bond acceptors (Lipinski definition) is 3. The molecule has 0 saturated heterocycles. The summed E-state index contributed by atoms with van der Waals surface area (Å²) < 4.78 is 4.72. The normalized spacial score (nSPS) is 10.7. The highest BCUT2D eigenvalue weighted by Crippen LogP contribution is 2.40. The van der Waals surface area contributed by atoms with Gasteiger partial charge in [0.25, 0.3) is 0 Å². The molecule has 0 heterocycles. The molecule has 13 heavy (non-hydrogen) atoms. The smallest absolute Gasteiger partial charge is 0.222 e. The fourth-order valence-electron chi connectivity index (χ4n) is 0.285. The summed E-state index contributed by atoms with van der Waals surface area (Å²) in [5.41, 5.74) is 0. The molecule has 3 nitrogen and oxygen atoms in total. The van der Waals surface area contributed by atoms with Crippen LogP contribution in [0.5, 0.6) is 0 Å². The second kappa shape index (κ2) is 12.3. The van der Waals surface area contributed by atoms with E-state index in [4.69, 9.17) is 14.7 Å². The molecular weight excluding hydrogens is 234 g/mol. The summed E-state index contributed by atoms with van der Waals surface area (Å²) in [6, 6.07) is 0. The van der Waals surface area contributed by atoms with Gasteiger partial charge in [0.2, 0.25) is 6.85 Å². The van der Waals surface area contributed by atoms with E-state index < -0.39 is 13.0 Å². The van der Waals surface area contributed by atoms with Crippen molar-refractivity contribution in [3.63, 3.8) is 0 Å². The monoisotopic (exact) mass is 246 g/mol. The quantitative estimate of drug-likeness (QED) is 0.582. The van der Waals surface area contributed by atoms with Gasteiger partial charge in [-0.05, 0) is 29.4 Å². The SMILES string of the molecule is CCC#COCC(C)O.OP(Cl)Cl. The van der Waals surface area contributed by atoms with Crippen molar-refractivity contribution in [3.8, 4) is 12.0 Å². The van der Waals surface area contributed by atoms with Crippen LogP contribution in [0.2, 0.25) is 0 Å². The summed E-state index contributed by atoms with van der Waals surface area (Å²) in [4.78, 5) is 7.65. The lowest BCUT2D eigenvalue weighted by Crippen LogP contribution is -2.07. The van der Waals surface area contributed by atoms with Crippen LogP contribution in [0.15, 0.2) is 0 Å². The Morgan fingerprint density at radius 1 is 1.54 bits per heavy atom. The van der Waals surface area contributed by atoms with Crippen molar-refractivity contribution >= 4 is 29.3 Å². The number of aliphatic hydroxyl groups excluding tert-OH is 1. The van der Waals surface area contributed by atoms with E-state index in [0.717, 1.165) is 6.42 Å². The Kier molecular flexibility index (Phi) is 14.9. The van der Waals surface area contributed by atoms with Gasteiger partial charge in [0.15, 0.2) is 0 Å². The van der Waals surface area contributed by atoms with Crippen molar-refractivity contribution in [2.45, 2.75) is 26.4 Å². The highest BCUT2D eigenvalue weighted by atomic mass is 35.9. The van der Waals surface area contributed by atoms with Gasteiger partial charge in [-0.15, -0.1) is 0 Å². The minimum Gasteiger partial charge on any atom is -0.444 e. The third kappa shape index (κ3) is 32.9. The van der Waals surface area contributed by atoms with Crippen molar-refractivity contribution in [2.75, 3.05) is 6.61 Å². The second-order valence-electron chi connectivity index (χ2n) is 2.01. The van der Waals surface area contributed by atoms with Gasteiger partial charge in [0, 0.05) is 6.42 Å². The van der Waals surface area contributed by atoms with Crippen LogP contribution in [0.1, 0.15) is 20.3 Å². The maximum absolute atomic E-state index is 8.66. The summed E-state index contributed by atoms with van der Waals surface area (Å²) in [6.45, 7) is 2.23. The first-order valence-electron chi connectivity index (χ1n) is 3.59.